The van der Waals surface area contributed by atoms with Gasteiger partial charge >= 0.3 is 0 Å². The van der Waals surface area contributed by atoms with Crippen LogP contribution < -0.4 is 4.90 Å². The molecule has 1 heterocycles. The molecule has 0 unspecified atom stereocenters. The van der Waals surface area contributed by atoms with Crippen molar-refractivity contribution in [3.05, 3.63) is 52.1 Å². The number of benzene rings is 1. The average Bonchev–Trinajstić information content (AvgIpc) is 2.33. The molecule has 0 radical (unpaired) electrons. The fraction of sp³-hybridized carbons (Fsp3) is 0.167. The molecular formula is C12H11Cl2N3. The molecule has 1 aromatic carbocycles. The quantitative estimate of drug-likeness (QED) is 0.854. The molecule has 0 saturated carbocycles. The van der Waals surface area contributed by atoms with Crippen molar-refractivity contribution in [2.45, 2.75) is 6.54 Å². The summed E-state index contributed by atoms with van der Waals surface area (Å²) in [6.07, 6.45) is 0. The molecule has 0 aliphatic carbocycles. The molecule has 0 aliphatic rings. The zero-order valence-corrected chi connectivity index (χ0v) is 10.8. The highest BCUT2D eigenvalue weighted by Crippen LogP contribution is 2.15. The molecular weight excluding hydrogens is 257 g/mol. The van der Waals surface area contributed by atoms with E-state index >= 15 is 0 Å². The predicted molar refractivity (Wildman–Crippen MR) is 70.6 cm³/mol. The van der Waals surface area contributed by atoms with Gasteiger partial charge in [0.25, 0.3) is 0 Å². The minimum Gasteiger partial charge on any atom is -0.354 e. The van der Waals surface area contributed by atoms with Gasteiger partial charge in [-0.1, -0.05) is 35.3 Å². The Morgan fingerprint density at radius 3 is 2.29 bits per heavy atom. The third-order valence-electron chi connectivity index (χ3n) is 2.34. The molecule has 0 atom stereocenters. The third kappa shape index (κ3) is 3.32. The van der Waals surface area contributed by atoms with Crippen molar-refractivity contribution in [1.29, 1.82) is 0 Å². The lowest BCUT2D eigenvalue weighted by molar-refractivity contribution is 0.866. The van der Waals surface area contributed by atoms with E-state index in [1.54, 1.807) is 6.07 Å². The van der Waals surface area contributed by atoms with Crippen molar-refractivity contribution in [2.24, 2.45) is 0 Å². The number of halogens is 2. The standard InChI is InChI=1S/C12H11Cl2N3/c1-17(12-7-6-11(14)15-16-12)8-9-2-4-10(13)5-3-9/h2-7H,8H2,1H3. The van der Waals surface area contributed by atoms with Gasteiger partial charge in [0, 0.05) is 18.6 Å². The Kier molecular flexibility index (Phi) is 3.82. The van der Waals surface area contributed by atoms with Gasteiger partial charge in [0.1, 0.15) is 0 Å². The molecule has 2 rings (SSSR count). The van der Waals surface area contributed by atoms with Crippen molar-refractivity contribution >= 4 is 29.0 Å². The van der Waals surface area contributed by atoms with Gasteiger partial charge in [-0.25, -0.2) is 0 Å². The van der Waals surface area contributed by atoms with Gasteiger partial charge in [0.2, 0.25) is 0 Å². The van der Waals surface area contributed by atoms with Gasteiger partial charge in [-0.2, -0.15) is 0 Å². The zero-order valence-electron chi connectivity index (χ0n) is 9.27. The van der Waals surface area contributed by atoms with Crippen LogP contribution in [0, 0.1) is 0 Å². The molecule has 0 aliphatic heterocycles. The Balaban J connectivity index is 2.08. The van der Waals surface area contributed by atoms with Gasteiger partial charge in [-0.15, -0.1) is 10.2 Å². The molecule has 0 saturated heterocycles. The van der Waals surface area contributed by atoms with Gasteiger partial charge in [0.05, 0.1) is 0 Å². The molecule has 0 amide bonds. The Morgan fingerprint density at radius 1 is 1.00 bits per heavy atom. The van der Waals surface area contributed by atoms with Crippen LogP contribution in [-0.4, -0.2) is 17.2 Å². The lowest BCUT2D eigenvalue weighted by Gasteiger charge is -2.17. The molecule has 5 heteroatoms. The van der Waals surface area contributed by atoms with Crippen LogP contribution in [0.5, 0.6) is 0 Å². The van der Waals surface area contributed by atoms with E-state index in [4.69, 9.17) is 23.2 Å². The monoisotopic (exact) mass is 267 g/mol. The Labute approximate surface area is 110 Å². The van der Waals surface area contributed by atoms with E-state index in [0.29, 0.717) is 5.15 Å². The van der Waals surface area contributed by atoms with Crippen LogP contribution in [0.2, 0.25) is 10.2 Å². The summed E-state index contributed by atoms with van der Waals surface area (Å²) >= 11 is 11.5. The smallest absolute Gasteiger partial charge is 0.151 e. The third-order valence-corrected chi connectivity index (χ3v) is 2.80. The number of rotatable bonds is 3. The van der Waals surface area contributed by atoms with Crippen LogP contribution in [0.3, 0.4) is 0 Å². The second-order valence-corrected chi connectivity index (χ2v) is 4.52. The first-order chi connectivity index (χ1) is 8.15. The second kappa shape index (κ2) is 5.34. The summed E-state index contributed by atoms with van der Waals surface area (Å²) in [6, 6.07) is 11.3. The summed E-state index contributed by atoms with van der Waals surface area (Å²) in [4.78, 5) is 1.99. The first kappa shape index (κ1) is 12.1. The zero-order chi connectivity index (χ0) is 12.3. The van der Waals surface area contributed by atoms with Gasteiger partial charge in [0.15, 0.2) is 11.0 Å². The summed E-state index contributed by atoms with van der Waals surface area (Å²) in [5.74, 6) is 0.782. The lowest BCUT2D eigenvalue weighted by Crippen LogP contribution is -2.17. The molecule has 3 nitrogen and oxygen atoms in total. The van der Waals surface area contributed by atoms with Crippen LogP contribution in [0.4, 0.5) is 5.82 Å². The maximum atomic E-state index is 5.83. The van der Waals surface area contributed by atoms with Crippen molar-refractivity contribution in [1.82, 2.24) is 10.2 Å². The average molecular weight is 268 g/mol. The van der Waals surface area contributed by atoms with E-state index in [1.165, 1.54) is 0 Å². The van der Waals surface area contributed by atoms with Crippen molar-refractivity contribution in [2.75, 3.05) is 11.9 Å². The Morgan fingerprint density at radius 2 is 1.71 bits per heavy atom. The van der Waals surface area contributed by atoms with Crippen LogP contribution in [0.25, 0.3) is 0 Å². The van der Waals surface area contributed by atoms with E-state index in [0.717, 1.165) is 22.9 Å². The Hall–Kier alpha value is -1.32. The minimum atomic E-state index is 0.397. The molecule has 88 valence electrons. The molecule has 0 spiro atoms. The molecule has 0 bridgehead atoms. The van der Waals surface area contributed by atoms with Crippen LogP contribution in [-0.2, 0) is 6.54 Å². The van der Waals surface area contributed by atoms with E-state index in [1.807, 2.05) is 42.3 Å². The number of nitrogens with zero attached hydrogens (tertiary/aromatic N) is 3. The molecule has 2 aromatic rings. The van der Waals surface area contributed by atoms with Crippen LogP contribution in [0.15, 0.2) is 36.4 Å². The summed E-state index contributed by atoms with van der Waals surface area (Å²) in [5.41, 5.74) is 1.16. The van der Waals surface area contributed by atoms with E-state index < -0.39 is 0 Å². The number of anilines is 1. The fourth-order valence-corrected chi connectivity index (χ4v) is 1.68. The van der Waals surface area contributed by atoms with Crippen molar-refractivity contribution in [3.8, 4) is 0 Å². The molecule has 1 aromatic heterocycles. The van der Waals surface area contributed by atoms with E-state index in [2.05, 4.69) is 10.2 Å². The van der Waals surface area contributed by atoms with Gasteiger partial charge in [-0.3, -0.25) is 0 Å². The van der Waals surface area contributed by atoms with Crippen molar-refractivity contribution in [3.63, 3.8) is 0 Å². The van der Waals surface area contributed by atoms with Crippen LogP contribution in [0.1, 0.15) is 5.56 Å². The summed E-state index contributed by atoms with van der Waals surface area (Å²) < 4.78 is 0. The predicted octanol–water partition coefficient (Wildman–Crippen LogP) is 3.42. The number of aromatic nitrogens is 2. The van der Waals surface area contributed by atoms with E-state index in [9.17, 15) is 0 Å². The second-order valence-electron chi connectivity index (χ2n) is 3.70. The maximum absolute atomic E-state index is 5.83. The molecule has 0 N–H and O–H groups in total. The van der Waals surface area contributed by atoms with Gasteiger partial charge in [-0.05, 0) is 29.8 Å². The van der Waals surface area contributed by atoms with Crippen LogP contribution >= 0.6 is 23.2 Å². The topological polar surface area (TPSA) is 29.0 Å². The number of hydrogen-bond acceptors (Lipinski definition) is 3. The SMILES string of the molecule is CN(Cc1ccc(Cl)cc1)c1ccc(Cl)nn1. The van der Waals surface area contributed by atoms with E-state index in [-0.39, 0.29) is 0 Å². The highest BCUT2D eigenvalue weighted by atomic mass is 35.5. The highest BCUT2D eigenvalue weighted by molar-refractivity contribution is 6.30. The first-order valence-electron chi connectivity index (χ1n) is 5.10. The summed E-state index contributed by atoms with van der Waals surface area (Å²) in [6.45, 7) is 0.744. The normalized spacial score (nSPS) is 10.3. The maximum Gasteiger partial charge on any atom is 0.151 e. The summed E-state index contributed by atoms with van der Waals surface area (Å²) in [7, 11) is 1.95. The summed E-state index contributed by atoms with van der Waals surface area (Å²) in [5, 5.41) is 8.95. The molecule has 0 fully saturated rings. The number of hydrogen-bond donors (Lipinski definition) is 0. The minimum absolute atomic E-state index is 0.397. The highest BCUT2D eigenvalue weighted by Gasteiger charge is 2.04. The fourth-order valence-electron chi connectivity index (χ4n) is 1.46. The molecule has 17 heavy (non-hydrogen) atoms. The first-order valence-corrected chi connectivity index (χ1v) is 5.85. The largest absolute Gasteiger partial charge is 0.354 e. The lowest BCUT2D eigenvalue weighted by atomic mass is 10.2. The van der Waals surface area contributed by atoms with Gasteiger partial charge < -0.3 is 4.90 Å². The van der Waals surface area contributed by atoms with Crippen molar-refractivity contribution < 1.29 is 0 Å². The Bertz CT molecular complexity index is 482.